The molecule has 1 heterocycles. The summed E-state index contributed by atoms with van der Waals surface area (Å²) in [5, 5.41) is 28.0. The maximum absolute atomic E-state index is 10.6. The van der Waals surface area contributed by atoms with Crippen molar-refractivity contribution >= 4 is 57.0 Å². The number of nitrogens with one attached hydrogen (secondary N) is 1. The molecular formula is C20H16Cl2N4O4S. The van der Waals surface area contributed by atoms with E-state index in [9.17, 15) is 14.9 Å². The van der Waals surface area contributed by atoms with Gasteiger partial charge in [-0.2, -0.15) is 0 Å². The van der Waals surface area contributed by atoms with Gasteiger partial charge in [0.1, 0.15) is 5.71 Å². The van der Waals surface area contributed by atoms with Crippen molar-refractivity contribution in [1.82, 2.24) is 4.98 Å². The molecule has 0 saturated carbocycles. The molecule has 1 aliphatic carbocycles. The van der Waals surface area contributed by atoms with Crippen LogP contribution in [0.3, 0.4) is 0 Å². The van der Waals surface area contributed by atoms with Crippen molar-refractivity contribution in [2.24, 2.45) is 0 Å². The number of aryl methyl sites for hydroxylation is 1. The number of rotatable bonds is 4. The Morgan fingerprint density at radius 3 is 2.65 bits per heavy atom. The average Bonchev–Trinajstić information content (AvgIpc) is 3.12. The van der Waals surface area contributed by atoms with E-state index in [1.165, 1.54) is 23.1 Å². The number of fused-ring (bicyclic) bond motifs is 3. The van der Waals surface area contributed by atoms with Crippen molar-refractivity contribution in [3.63, 3.8) is 0 Å². The lowest BCUT2D eigenvalue weighted by molar-refractivity contribution is -0.385. The molecule has 0 unspecified atom stereocenters. The topological polar surface area (TPSA) is 143 Å². The number of benzene rings is 2. The predicted octanol–water partition coefficient (Wildman–Crippen LogP) is 5.04. The molecule has 0 spiro atoms. The van der Waals surface area contributed by atoms with Crippen molar-refractivity contribution in [2.75, 3.05) is 5.73 Å². The van der Waals surface area contributed by atoms with Crippen molar-refractivity contribution in [3.05, 3.63) is 72.6 Å². The van der Waals surface area contributed by atoms with Gasteiger partial charge in [-0.05, 0) is 24.5 Å². The van der Waals surface area contributed by atoms with Gasteiger partial charge in [-0.15, -0.1) is 11.3 Å². The predicted molar refractivity (Wildman–Crippen MR) is 122 cm³/mol. The monoisotopic (exact) mass is 478 g/mol. The summed E-state index contributed by atoms with van der Waals surface area (Å²) in [6.45, 7) is 0. The molecule has 160 valence electrons. The van der Waals surface area contributed by atoms with E-state index in [1.54, 1.807) is 17.4 Å². The SMILES string of the molecule is N=C(Cc1ccccc1[N+](=O)[O-])C(=O)O.Nc1nc2c(s1)CCc1c-2ccc(Cl)c1Cl. The maximum atomic E-state index is 10.6. The van der Waals surface area contributed by atoms with Crippen molar-refractivity contribution in [1.29, 1.82) is 5.41 Å². The summed E-state index contributed by atoms with van der Waals surface area (Å²) in [7, 11) is 0. The summed E-state index contributed by atoms with van der Waals surface area (Å²) >= 11 is 13.8. The van der Waals surface area contributed by atoms with Gasteiger partial charge in [-0.25, -0.2) is 9.78 Å². The number of aliphatic carboxylic acids is 1. The molecular weight excluding hydrogens is 463 g/mol. The lowest BCUT2D eigenvalue weighted by Gasteiger charge is -2.16. The Bertz CT molecular complexity index is 1200. The molecule has 3 aromatic rings. The van der Waals surface area contributed by atoms with E-state index in [0.717, 1.165) is 29.7 Å². The highest BCUT2D eigenvalue weighted by Gasteiger charge is 2.23. The number of anilines is 1. The van der Waals surface area contributed by atoms with Crippen LogP contribution in [0.15, 0.2) is 36.4 Å². The molecule has 0 fully saturated rings. The molecule has 4 rings (SSSR count). The number of para-hydroxylation sites is 1. The number of hydrogen-bond acceptors (Lipinski definition) is 7. The number of carboxylic acids is 1. The number of nitro benzene ring substituents is 1. The number of hydrogen-bond donors (Lipinski definition) is 3. The van der Waals surface area contributed by atoms with Crippen molar-refractivity contribution in [2.45, 2.75) is 19.3 Å². The third kappa shape index (κ3) is 5.01. The van der Waals surface area contributed by atoms with E-state index in [-0.39, 0.29) is 17.7 Å². The molecule has 1 aliphatic rings. The number of thiazole rings is 1. The number of nitrogens with zero attached hydrogens (tertiary/aromatic N) is 2. The van der Waals surface area contributed by atoms with Gasteiger partial charge in [0.2, 0.25) is 0 Å². The van der Waals surface area contributed by atoms with Crippen LogP contribution in [0.1, 0.15) is 16.0 Å². The van der Waals surface area contributed by atoms with Crippen LogP contribution in [0.5, 0.6) is 0 Å². The third-order valence-electron chi connectivity index (χ3n) is 4.58. The molecule has 0 amide bonds. The average molecular weight is 479 g/mol. The van der Waals surface area contributed by atoms with Gasteiger partial charge >= 0.3 is 5.97 Å². The molecule has 0 bridgehead atoms. The number of carbonyl (C=O) groups is 1. The highest BCUT2D eigenvalue weighted by atomic mass is 35.5. The summed E-state index contributed by atoms with van der Waals surface area (Å²) in [6.07, 6.45) is 1.60. The summed E-state index contributed by atoms with van der Waals surface area (Å²) in [6, 6.07) is 9.57. The summed E-state index contributed by atoms with van der Waals surface area (Å²) in [4.78, 5) is 26.0. The summed E-state index contributed by atoms with van der Waals surface area (Å²) < 4.78 is 0. The normalized spacial score (nSPS) is 11.5. The first-order valence-corrected chi connectivity index (χ1v) is 10.5. The number of aromatic nitrogens is 1. The first-order valence-electron chi connectivity index (χ1n) is 8.94. The lowest BCUT2D eigenvalue weighted by Crippen LogP contribution is -2.14. The Morgan fingerprint density at radius 2 is 1.97 bits per heavy atom. The summed E-state index contributed by atoms with van der Waals surface area (Å²) in [5.41, 5.74) is 8.37. The van der Waals surface area contributed by atoms with Crippen LogP contribution in [0, 0.1) is 15.5 Å². The lowest BCUT2D eigenvalue weighted by atomic mass is 9.93. The maximum Gasteiger partial charge on any atom is 0.349 e. The van der Waals surface area contributed by atoms with Gasteiger partial charge in [0.05, 0.1) is 20.7 Å². The van der Waals surface area contributed by atoms with Gasteiger partial charge in [0.25, 0.3) is 5.69 Å². The second-order valence-electron chi connectivity index (χ2n) is 6.56. The minimum absolute atomic E-state index is 0.163. The largest absolute Gasteiger partial charge is 0.477 e. The van der Waals surface area contributed by atoms with Crippen LogP contribution < -0.4 is 5.73 Å². The van der Waals surface area contributed by atoms with E-state index < -0.39 is 16.6 Å². The van der Waals surface area contributed by atoms with Gasteiger partial charge in [-0.1, -0.05) is 47.5 Å². The first kappa shape index (κ1) is 22.7. The highest BCUT2D eigenvalue weighted by molar-refractivity contribution is 7.15. The second-order valence-corrected chi connectivity index (χ2v) is 8.46. The van der Waals surface area contributed by atoms with Crippen molar-refractivity contribution in [3.8, 4) is 11.3 Å². The van der Waals surface area contributed by atoms with Gasteiger partial charge in [0.15, 0.2) is 5.13 Å². The van der Waals surface area contributed by atoms with Crippen LogP contribution in [0.2, 0.25) is 10.0 Å². The van der Waals surface area contributed by atoms with Gasteiger partial charge < -0.3 is 10.8 Å². The van der Waals surface area contributed by atoms with Crippen LogP contribution >= 0.6 is 34.5 Å². The molecule has 0 atom stereocenters. The highest BCUT2D eigenvalue weighted by Crippen LogP contribution is 2.41. The minimum Gasteiger partial charge on any atom is -0.477 e. The zero-order chi connectivity index (χ0) is 22.7. The molecule has 2 aromatic carbocycles. The Labute approximate surface area is 190 Å². The standard InChI is InChI=1S/C11H8Cl2N2S.C9H8N2O4/c12-7-3-1-6-5(9(7)13)2-4-8-10(6)15-11(14)16-8;10-7(9(12)13)5-6-3-1-2-4-8(6)11(14)15/h1,3H,2,4H2,(H2,14,15);1-4,10H,5H2,(H,12,13). The third-order valence-corrected chi connectivity index (χ3v) is 6.37. The molecule has 0 aliphatic heterocycles. The Kier molecular flexibility index (Phi) is 6.89. The molecule has 11 heteroatoms. The van der Waals surface area contributed by atoms with Gasteiger partial charge in [-0.3, -0.25) is 15.5 Å². The van der Waals surface area contributed by atoms with Crippen LogP contribution in [-0.2, 0) is 24.1 Å². The van der Waals surface area contributed by atoms with Crippen LogP contribution in [0.4, 0.5) is 10.8 Å². The molecule has 31 heavy (non-hydrogen) atoms. The molecule has 8 nitrogen and oxygen atoms in total. The number of nitrogens with two attached hydrogens (primary N) is 1. The van der Waals surface area contributed by atoms with E-state index in [2.05, 4.69) is 4.98 Å². The minimum atomic E-state index is -1.37. The molecule has 0 radical (unpaired) electrons. The smallest absolute Gasteiger partial charge is 0.349 e. The number of halogens is 2. The van der Waals surface area contributed by atoms with E-state index in [4.69, 9.17) is 39.5 Å². The fourth-order valence-electron chi connectivity index (χ4n) is 3.15. The number of nitro groups is 1. The zero-order valence-corrected chi connectivity index (χ0v) is 18.2. The van der Waals surface area contributed by atoms with E-state index >= 15 is 0 Å². The van der Waals surface area contributed by atoms with Gasteiger partial charge in [0, 0.05) is 28.5 Å². The fourth-order valence-corrected chi connectivity index (χ4v) is 4.43. The summed E-state index contributed by atoms with van der Waals surface area (Å²) in [5.74, 6) is -1.37. The second kappa shape index (κ2) is 9.42. The van der Waals surface area contributed by atoms with Crippen LogP contribution in [0.25, 0.3) is 11.3 Å². The Balaban J connectivity index is 0.000000176. The fraction of sp³-hybridized carbons (Fsp3) is 0.150. The zero-order valence-electron chi connectivity index (χ0n) is 15.9. The quantitative estimate of drug-likeness (QED) is 0.272. The first-order chi connectivity index (χ1) is 14.7. The molecule has 0 saturated heterocycles. The Hall–Kier alpha value is -3.01. The molecule has 1 aromatic heterocycles. The molecule has 4 N–H and O–H groups in total. The van der Waals surface area contributed by atoms with Crippen molar-refractivity contribution < 1.29 is 14.8 Å². The van der Waals surface area contributed by atoms with E-state index in [0.29, 0.717) is 15.2 Å². The van der Waals surface area contributed by atoms with Crippen LogP contribution in [-0.4, -0.2) is 26.7 Å². The number of carboxylic acid groups (broad SMARTS) is 1. The van der Waals surface area contributed by atoms with E-state index in [1.807, 2.05) is 12.1 Å². The number of nitrogen functional groups attached to an aromatic ring is 1. The Morgan fingerprint density at radius 1 is 1.26 bits per heavy atom.